The Morgan fingerprint density at radius 3 is 1.67 bits per heavy atom. The Bertz CT molecular complexity index is 690. The van der Waals surface area contributed by atoms with Crippen LogP contribution in [0.3, 0.4) is 0 Å². The minimum Gasteiger partial charge on any atom is -0.298 e. The molecule has 0 atom stereocenters. The fourth-order valence-corrected chi connectivity index (χ4v) is 2.81. The van der Waals surface area contributed by atoms with Gasteiger partial charge in [0, 0.05) is 11.4 Å². The van der Waals surface area contributed by atoms with Crippen LogP contribution in [-0.2, 0) is 5.88 Å². The molecule has 18 heavy (non-hydrogen) atoms. The third-order valence-electron chi connectivity index (χ3n) is 3.34. The van der Waals surface area contributed by atoms with Crippen LogP contribution in [0.25, 0.3) is 21.5 Å². The van der Waals surface area contributed by atoms with E-state index in [1.54, 1.807) is 0 Å². The molecular weight excluding hydrogens is 244 g/mol. The van der Waals surface area contributed by atoms with Gasteiger partial charge in [-0.05, 0) is 27.1 Å². The van der Waals surface area contributed by atoms with Crippen molar-refractivity contribution in [1.29, 1.82) is 0 Å². The maximum Gasteiger partial charge on any atom is 0.151 e. The van der Waals surface area contributed by atoms with E-state index in [0.29, 0.717) is 5.88 Å². The third-order valence-corrected chi connectivity index (χ3v) is 3.60. The third kappa shape index (κ3) is 1.52. The number of hydrogen-bond donors (Lipinski definition) is 0. The lowest BCUT2D eigenvalue weighted by molar-refractivity contribution is 0.112. The largest absolute Gasteiger partial charge is 0.298 e. The molecule has 0 amide bonds. The molecule has 0 N–H and O–H groups in total. The summed E-state index contributed by atoms with van der Waals surface area (Å²) in [6.45, 7) is 0. The summed E-state index contributed by atoms with van der Waals surface area (Å²) in [6, 6.07) is 15.8. The van der Waals surface area contributed by atoms with Crippen LogP contribution < -0.4 is 0 Å². The predicted octanol–water partition coefficient (Wildman–Crippen LogP) is 4.54. The van der Waals surface area contributed by atoms with Gasteiger partial charge in [-0.2, -0.15) is 0 Å². The van der Waals surface area contributed by atoms with Crippen LogP contribution in [0.5, 0.6) is 0 Å². The van der Waals surface area contributed by atoms with E-state index in [2.05, 4.69) is 0 Å². The van der Waals surface area contributed by atoms with Gasteiger partial charge in [0.05, 0.1) is 0 Å². The van der Waals surface area contributed by atoms with Crippen molar-refractivity contribution < 1.29 is 4.79 Å². The van der Waals surface area contributed by atoms with Crippen molar-refractivity contribution in [1.82, 2.24) is 0 Å². The zero-order valence-electron chi connectivity index (χ0n) is 9.69. The lowest BCUT2D eigenvalue weighted by atomic mass is 9.93. The van der Waals surface area contributed by atoms with Gasteiger partial charge in [-0.1, -0.05) is 48.5 Å². The number of halogens is 1. The van der Waals surface area contributed by atoms with Crippen LogP contribution in [0.4, 0.5) is 0 Å². The number of carbonyl (C=O) groups excluding carboxylic acids is 1. The van der Waals surface area contributed by atoms with Crippen molar-refractivity contribution in [2.45, 2.75) is 5.88 Å². The SMILES string of the molecule is O=Cc1c2ccccc2c(CCl)c2ccccc12. The summed E-state index contributed by atoms with van der Waals surface area (Å²) in [5, 5.41) is 4.07. The molecule has 0 aliphatic heterocycles. The second-order valence-electron chi connectivity index (χ2n) is 4.23. The quantitative estimate of drug-likeness (QED) is 0.373. The molecule has 0 saturated carbocycles. The van der Waals surface area contributed by atoms with Gasteiger partial charge >= 0.3 is 0 Å². The molecule has 0 radical (unpaired) electrons. The van der Waals surface area contributed by atoms with E-state index in [9.17, 15) is 4.79 Å². The predicted molar refractivity (Wildman–Crippen MR) is 76.4 cm³/mol. The molecule has 3 aromatic carbocycles. The molecule has 0 aliphatic rings. The number of benzene rings is 3. The molecule has 0 unspecified atom stereocenters. The first-order valence-electron chi connectivity index (χ1n) is 5.80. The maximum absolute atomic E-state index is 11.4. The van der Waals surface area contributed by atoms with Gasteiger partial charge in [0.25, 0.3) is 0 Å². The Hall–Kier alpha value is -1.86. The fourth-order valence-electron chi connectivity index (χ4n) is 2.52. The monoisotopic (exact) mass is 254 g/mol. The molecule has 0 fully saturated rings. The van der Waals surface area contributed by atoms with Crippen LogP contribution in [0.2, 0.25) is 0 Å². The molecule has 3 aromatic rings. The highest BCUT2D eigenvalue weighted by Gasteiger charge is 2.11. The lowest BCUT2D eigenvalue weighted by Gasteiger charge is -2.11. The molecule has 0 bridgehead atoms. The topological polar surface area (TPSA) is 17.1 Å². The zero-order chi connectivity index (χ0) is 12.5. The fraction of sp³-hybridized carbons (Fsp3) is 0.0625. The summed E-state index contributed by atoms with van der Waals surface area (Å²) >= 11 is 6.09. The first-order valence-corrected chi connectivity index (χ1v) is 6.33. The average molecular weight is 255 g/mol. The Balaban J connectivity index is 2.65. The van der Waals surface area contributed by atoms with Crippen molar-refractivity contribution >= 4 is 39.4 Å². The number of alkyl halides is 1. The highest BCUT2D eigenvalue weighted by atomic mass is 35.5. The highest BCUT2D eigenvalue weighted by Crippen LogP contribution is 2.32. The number of hydrogen-bond acceptors (Lipinski definition) is 1. The van der Waals surface area contributed by atoms with Crippen LogP contribution in [0, 0.1) is 0 Å². The number of carbonyl (C=O) groups is 1. The minimum atomic E-state index is 0.445. The Morgan fingerprint density at radius 2 is 1.28 bits per heavy atom. The van der Waals surface area contributed by atoms with Crippen molar-refractivity contribution in [3.63, 3.8) is 0 Å². The molecule has 2 heteroatoms. The first kappa shape index (κ1) is 11.2. The van der Waals surface area contributed by atoms with E-state index < -0.39 is 0 Å². The molecule has 0 aliphatic carbocycles. The van der Waals surface area contributed by atoms with Gasteiger partial charge in [0.15, 0.2) is 6.29 Å². The standard InChI is InChI=1S/C16H11ClO/c17-9-15-11-5-1-3-7-13(11)16(10-18)14-8-4-2-6-12(14)15/h1-8,10H,9H2. The molecule has 3 rings (SSSR count). The van der Waals surface area contributed by atoms with Crippen molar-refractivity contribution in [2.24, 2.45) is 0 Å². The molecule has 1 nitrogen and oxygen atoms in total. The van der Waals surface area contributed by atoms with Crippen LogP contribution in [0.1, 0.15) is 15.9 Å². The van der Waals surface area contributed by atoms with E-state index in [1.807, 2.05) is 48.5 Å². The van der Waals surface area contributed by atoms with Crippen LogP contribution >= 0.6 is 11.6 Å². The second-order valence-corrected chi connectivity index (χ2v) is 4.50. The van der Waals surface area contributed by atoms with E-state index in [4.69, 9.17) is 11.6 Å². The van der Waals surface area contributed by atoms with Crippen molar-refractivity contribution in [3.8, 4) is 0 Å². The summed E-state index contributed by atoms with van der Waals surface area (Å²) in [5.41, 5.74) is 1.84. The highest BCUT2D eigenvalue weighted by molar-refractivity contribution is 6.22. The summed E-state index contributed by atoms with van der Waals surface area (Å²) in [5.74, 6) is 0.445. The maximum atomic E-state index is 11.4. The van der Waals surface area contributed by atoms with Gasteiger partial charge < -0.3 is 0 Å². The van der Waals surface area contributed by atoms with Gasteiger partial charge in [-0.15, -0.1) is 11.6 Å². The van der Waals surface area contributed by atoms with E-state index in [-0.39, 0.29) is 0 Å². The van der Waals surface area contributed by atoms with Crippen molar-refractivity contribution in [3.05, 3.63) is 59.7 Å². The molecule has 0 heterocycles. The van der Waals surface area contributed by atoms with E-state index >= 15 is 0 Å². The molecule has 88 valence electrons. The summed E-state index contributed by atoms with van der Waals surface area (Å²) in [6.07, 6.45) is 0.933. The minimum absolute atomic E-state index is 0.445. The second kappa shape index (κ2) is 4.43. The van der Waals surface area contributed by atoms with Crippen LogP contribution in [0.15, 0.2) is 48.5 Å². The van der Waals surface area contributed by atoms with Crippen LogP contribution in [-0.4, -0.2) is 6.29 Å². The molecule has 0 aromatic heterocycles. The summed E-state index contributed by atoms with van der Waals surface area (Å²) < 4.78 is 0. The average Bonchev–Trinajstić information content (AvgIpc) is 2.44. The van der Waals surface area contributed by atoms with Crippen molar-refractivity contribution in [2.75, 3.05) is 0 Å². The number of rotatable bonds is 2. The molecular formula is C16H11ClO. The summed E-state index contributed by atoms with van der Waals surface area (Å²) in [7, 11) is 0. The lowest BCUT2D eigenvalue weighted by Crippen LogP contribution is -1.92. The zero-order valence-corrected chi connectivity index (χ0v) is 10.4. The Labute approximate surface area is 110 Å². The van der Waals surface area contributed by atoms with Gasteiger partial charge in [-0.3, -0.25) is 4.79 Å². The number of aldehydes is 1. The smallest absolute Gasteiger partial charge is 0.151 e. The molecule has 0 saturated heterocycles. The van der Waals surface area contributed by atoms with Gasteiger partial charge in [-0.25, -0.2) is 0 Å². The summed E-state index contributed by atoms with van der Waals surface area (Å²) in [4.78, 5) is 11.4. The normalized spacial score (nSPS) is 10.9. The van der Waals surface area contributed by atoms with Gasteiger partial charge in [0.1, 0.15) is 0 Å². The van der Waals surface area contributed by atoms with E-state index in [1.165, 1.54) is 0 Å². The Morgan fingerprint density at radius 1 is 0.833 bits per heavy atom. The van der Waals surface area contributed by atoms with Gasteiger partial charge in [0.2, 0.25) is 0 Å². The molecule has 0 spiro atoms. The van der Waals surface area contributed by atoms with E-state index in [0.717, 1.165) is 39.0 Å². The number of fused-ring (bicyclic) bond motifs is 2. The Kier molecular flexibility index (Phi) is 2.77. The first-order chi connectivity index (χ1) is 8.86.